The molecule has 1 unspecified atom stereocenters. The smallest absolute Gasteiger partial charge is 0.238 e. The number of hydrogen-bond acceptors (Lipinski definition) is 4. The van der Waals surface area contributed by atoms with Gasteiger partial charge in [-0.05, 0) is 58.0 Å². The Hall–Kier alpha value is -1.24. The third-order valence-corrected chi connectivity index (χ3v) is 6.57. The quantitative estimate of drug-likeness (QED) is 0.800. The summed E-state index contributed by atoms with van der Waals surface area (Å²) in [5.41, 5.74) is 0.650. The van der Waals surface area contributed by atoms with Gasteiger partial charge in [-0.2, -0.15) is 0 Å². The van der Waals surface area contributed by atoms with Gasteiger partial charge in [-0.1, -0.05) is 18.0 Å². The molecule has 1 aromatic carbocycles. The summed E-state index contributed by atoms with van der Waals surface area (Å²) < 4.78 is 0. The van der Waals surface area contributed by atoms with Crippen LogP contribution in [-0.2, 0) is 9.59 Å². The minimum atomic E-state index is -0.415. The number of fused-ring (bicyclic) bond motifs is 1. The predicted molar refractivity (Wildman–Crippen MR) is 107 cm³/mol. The van der Waals surface area contributed by atoms with Crippen LogP contribution in [0.15, 0.2) is 23.1 Å². The Morgan fingerprint density at radius 3 is 2.81 bits per heavy atom. The van der Waals surface area contributed by atoms with E-state index in [1.165, 1.54) is 31.0 Å². The first-order valence-corrected chi connectivity index (χ1v) is 10.4. The molecule has 0 aliphatic carbocycles. The molecule has 7 heteroatoms. The van der Waals surface area contributed by atoms with Crippen LogP contribution in [0.25, 0.3) is 0 Å². The van der Waals surface area contributed by atoms with Crippen LogP contribution in [0.4, 0.5) is 5.69 Å². The minimum absolute atomic E-state index is 0.0681. The molecule has 5 nitrogen and oxygen atoms in total. The van der Waals surface area contributed by atoms with E-state index in [1.54, 1.807) is 12.1 Å². The molecule has 2 heterocycles. The van der Waals surface area contributed by atoms with Gasteiger partial charge in [-0.15, -0.1) is 11.8 Å². The molecular formula is C19H26ClN3O2S. The molecule has 1 saturated heterocycles. The number of likely N-dealkylation sites (tertiary alicyclic amines) is 1. The highest BCUT2D eigenvalue weighted by Crippen LogP contribution is 2.38. The second-order valence-corrected chi connectivity index (χ2v) is 9.26. The van der Waals surface area contributed by atoms with E-state index in [9.17, 15) is 9.59 Å². The Labute approximate surface area is 164 Å². The molecule has 0 saturated carbocycles. The number of amides is 2. The molecule has 0 spiro atoms. The van der Waals surface area contributed by atoms with Gasteiger partial charge in [-0.25, -0.2) is 0 Å². The lowest BCUT2D eigenvalue weighted by Gasteiger charge is -2.41. The number of piperidine rings is 1. The number of nitrogens with one attached hydrogen (secondary N) is 2. The van der Waals surface area contributed by atoms with Crippen LogP contribution in [0, 0.1) is 0 Å². The standard InChI is InChI=1S/C19H26ClN3O2S/c1-19(2,23-8-4-3-5-9-23)12-21-17(24)11-16-18(25)22-14-10-13(20)6-7-15(14)26-16/h6-7,10,16H,3-5,8-9,11-12H2,1-2H3,(H,21,24)(H,22,25). The van der Waals surface area contributed by atoms with Crippen LogP contribution in [0.3, 0.4) is 0 Å². The summed E-state index contributed by atoms with van der Waals surface area (Å²) in [6, 6.07) is 5.41. The Morgan fingerprint density at radius 1 is 1.35 bits per heavy atom. The van der Waals surface area contributed by atoms with Gasteiger partial charge in [-0.3, -0.25) is 14.5 Å². The zero-order chi connectivity index (χ0) is 18.7. The fourth-order valence-electron chi connectivity index (χ4n) is 3.42. The van der Waals surface area contributed by atoms with Gasteiger partial charge in [0.25, 0.3) is 0 Å². The zero-order valence-corrected chi connectivity index (χ0v) is 16.9. The van der Waals surface area contributed by atoms with Crippen LogP contribution >= 0.6 is 23.4 Å². The van der Waals surface area contributed by atoms with Gasteiger partial charge in [0.05, 0.1) is 10.9 Å². The second kappa shape index (κ2) is 8.19. The number of nitrogens with zero attached hydrogens (tertiary/aromatic N) is 1. The van der Waals surface area contributed by atoms with E-state index in [4.69, 9.17) is 11.6 Å². The van der Waals surface area contributed by atoms with Gasteiger partial charge in [0, 0.05) is 28.4 Å². The normalized spacial score (nSPS) is 21.0. The van der Waals surface area contributed by atoms with Crippen molar-refractivity contribution in [3.63, 3.8) is 0 Å². The minimum Gasteiger partial charge on any atom is -0.354 e. The van der Waals surface area contributed by atoms with Crippen LogP contribution in [0.2, 0.25) is 5.02 Å². The Bertz CT molecular complexity index is 689. The van der Waals surface area contributed by atoms with Gasteiger partial charge < -0.3 is 10.6 Å². The largest absolute Gasteiger partial charge is 0.354 e. The Kier molecular flexibility index (Phi) is 6.15. The van der Waals surface area contributed by atoms with Crippen molar-refractivity contribution in [2.24, 2.45) is 0 Å². The molecule has 2 aliphatic heterocycles. The summed E-state index contributed by atoms with van der Waals surface area (Å²) in [4.78, 5) is 28.1. The molecule has 0 bridgehead atoms. The average Bonchev–Trinajstić information content (AvgIpc) is 2.62. The van der Waals surface area contributed by atoms with Crippen molar-refractivity contribution < 1.29 is 9.59 Å². The van der Waals surface area contributed by atoms with E-state index in [-0.39, 0.29) is 23.8 Å². The lowest BCUT2D eigenvalue weighted by Crippen LogP contribution is -2.53. The maximum Gasteiger partial charge on any atom is 0.238 e. The zero-order valence-electron chi connectivity index (χ0n) is 15.3. The summed E-state index contributed by atoms with van der Waals surface area (Å²) in [6.07, 6.45) is 3.91. The molecule has 3 rings (SSSR count). The first-order valence-electron chi connectivity index (χ1n) is 9.14. The topological polar surface area (TPSA) is 61.4 Å². The Morgan fingerprint density at radius 2 is 2.08 bits per heavy atom. The molecule has 0 aromatic heterocycles. The molecule has 1 fully saturated rings. The number of anilines is 1. The number of thioether (sulfide) groups is 1. The summed E-state index contributed by atoms with van der Waals surface area (Å²) in [7, 11) is 0. The molecule has 2 amide bonds. The monoisotopic (exact) mass is 395 g/mol. The maximum absolute atomic E-state index is 12.4. The highest BCUT2D eigenvalue weighted by molar-refractivity contribution is 8.01. The summed E-state index contributed by atoms with van der Waals surface area (Å²) in [5.74, 6) is -0.227. The third kappa shape index (κ3) is 4.72. The van der Waals surface area contributed by atoms with E-state index in [2.05, 4.69) is 29.4 Å². The van der Waals surface area contributed by atoms with Crippen molar-refractivity contribution in [1.82, 2.24) is 10.2 Å². The summed E-state index contributed by atoms with van der Waals surface area (Å²) in [6.45, 7) is 7.10. The van der Waals surface area contributed by atoms with E-state index in [0.717, 1.165) is 23.7 Å². The number of carbonyl (C=O) groups excluding carboxylic acids is 2. The number of halogens is 1. The first kappa shape index (κ1) is 19.5. The van der Waals surface area contributed by atoms with E-state index in [0.29, 0.717) is 11.6 Å². The van der Waals surface area contributed by atoms with Crippen LogP contribution in [0.5, 0.6) is 0 Å². The molecule has 0 radical (unpaired) electrons. The number of benzene rings is 1. The first-order chi connectivity index (χ1) is 12.3. The Balaban J connectivity index is 1.53. The van der Waals surface area contributed by atoms with Crippen molar-refractivity contribution in [2.75, 3.05) is 25.0 Å². The van der Waals surface area contributed by atoms with Crippen molar-refractivity contribution in [3.05, 3.63) is 23.2 Å². The fraction of sp³-hybridized carbons (Fsp3) is 0.579. The van der Waals surface area contributed by atoms with E-state index < -0.39 is 5.25 Å². The predicted octanol–water partition coefficient (Wildman–Crippen LogP) is 3.52. The lowest BCUT2D eigenvalue weighted by molar-refractivity contribution is -0.124. The van der Waals surface area contributed by atoms with Crippen LogP contribution in [-0.4, -0.2) is 47.1 Å². The van der Waals surface area contributed by atoms with Crippen molar-refractivity contribution in [2.45, 2.75) is 55.2 Å². The molecule has 2 aliphatic rings. The number of carbonyl (C=O) groups is 2. The summed E-state index contributed by atoms with van der Waals surface area (Å²) >= 11 is 7.39. The van der Waals surface area contributed by atoms with Gasteiger partial charge >= 0.3 is 0 Å². The van der Waals surface area contributed by atoms with E-state index in [1.807, 2.05) is 6.07 Å². The van der Waals surface area contributed by atoms with Gasteiger partial charge in [0.15, 0.2) is 0 Å². The van der Waals surface area contributed by atoms with Crippen LogP contribution in [0.1, 0.15) is 39.5 Å². The van der Waals surface area contributed by atoms with Crippen LogP contribution < -0.4 is 10.6 Å². The molecule has 1 aromatic rings. The van der Waals surface area contributed by atoms with E-state index >= 15 is 0 Å². The molecule has 2 N–H and O–H groups in total. The molecule has 1 atom stereocenters. The van der Waals surface area contributed by atoms with Crippen molar-refractivity contribution >= 4 is 40.9 Å². The average molecular weight is 396 g/mol. The number of rotatable bonds is 5. The molecular weight excluding hydrogens is 370 g/mol. The SMILES string of the molecule is CC(C)(CNC(=O)CC1Sc2ccc(Cl)cc2NC1=O)N1CCCCC1. The summed E-state index contributed by atoms with van der Waals surface area (Å²) in [5, 5.41) is 6.04. The lowest BCUT2D eigenvalue weighted by atomic mass is 9.98. The molecule has 142 valence electrons. The third-order valence-electron chi connectivity index (χ3n) is 5.06. The maximum atomic E-state index is 12.4. The number of hydrogen-bond donors (Lipinski definition) is 2. The second-order valence-electron chi connectivity index (χ2n) is 7.58. The highest BCUT2D eigenvalue weighted by Gasteiger charge is 2.31. The van der Waals surface area contributed by atoms with Crippen molar-refractivity contribution in [1.29, 1.82) is 0 Å². The van der Waals surface area contributed by atoms with Crippen molar-refractivity contribution in [3.8, 4) is 0 Å². The fourth-order valence-corrected chi connectivity index (χ4v) is 4.69. The van der Waals surface area contributed by atoms with Gasteiger partial charge in [0.1, 0.15) is 0 Å². The van der Waals surface area contributed by atoms with Gasteiger partial charge in [0.2, 0.25) is 11.8 Å². The molecule has 26 heavy (non-hydrogen) atoms. The highest BCUT2D eigenvalue weighted by atomic mass is 35.5.